The van der Waals surface area contributed by atoms with Gasteiger partial charge in [0, 0.05) is 12.0 Å². The Bertz CT molecular complexity index is 720. The van der Waals surface area contributed by atoms with Crippen molar-refractivity contribution in [2.45, 2.75) is 57.4 Å². The second-order valence-corrected chi connectivity index (χ2v) is 8.17. The number of hydrogen-bond donors (Lipinski definition) is 3. The molecule has 1 aromatic rings. The Morgan fingerprint density at radius 1 is 1.10 bits per heavy atom. The summed E-state index contributed by atoms with van der Waals surface area (Å²) in [4.78, 5) is 24.3. The van der Waals surface area contributed by atoms with E-state index in [1.54, 1.807) is 0 Å². The molecule has 1 fully saturated rings. The summed E-state index contributed by atoms with van der Waals surface area (Å²) in [7, 11) is 0. The third-order valence-corrected chi connectivity index (χ3v) is 5.86. The van der Waals surface area contributed by atoms with Gasteiger partial charge in [0.15, 0.2) is 11.5 Å². The van der Waals surface area contributed by atoms with E-state index < -0.39 is 6.04 Å². The molecule has 7 nitrogen and oxygen atoms in total. The summed E-state index contributed by atoms with van der Waals surface area (Å²) < 4.78 is 11.0. The molecule has 0 bridgehead atoms. The molecule has 1 aliphatic heterocycles. The molecule has 1 atom stereocenters. The largest absolute Gasteiger partial charge is 0.454 e. The molecule has 2 aliphatic rings. The molecule has 0 radical (unpaired) electrons. The second-order valence-electron chi connectivity index (χ2n) is 8.17. The molecule has 29 heavy (non-hydrogen) atoms. The molecule has 0 unspecified atom stereocenters. The highest BCUT2D eigenvalue weighted by Gasteiger charge is 2.35. The van der Waals surface area contributed by atoms with Crippen molar-refractivity contribution in [2.24, 2.45) is 11.7 Å². The first-order valence-corrected chi connectivity index (χ1v) is 10.1. The summed E-state index contributed by atoms with van der Waals surface area (Å²) in [6, 6.07) is 5.47. The fraction of sp³-hybridized carbons (Fsp3) is 0.619. The van der Waals surface area contributed by atoms with Crippen LogP contribution in [0, 0.1) is 5.92 Å². The molecule has 0 saturated heterocycles. The molecule has 1 saturated carbocycles. The van der Waals surface area contributed by atoms with Gasteiger partial charge < -0.3 is 25.8 Å². The van der Waals surface area contributed by atoms with Crippen LogP contribution in [0.1, 0.15) is 51.5 Å². The lowest BCUT2D eigenvalue weighted by molar-refractivity contribution is -0.127. The van der Waals surface area contributed by atoms with Gasteiger partial charge in [0.05, 0.1) is 12.6 Å². The maximum absolute atomic E-state index is 12.3. The second kappa shape index (κ2) is 10.2. The van der Waals surface area contributed by atoms with Gasteiger partial charge in [-0.05, 0) is 36.5 Å². The Morgan fingerprint density at radius 2 is 1.79 bits per heavy atom. The van der Waals surface area contributed by atoms with E-state index in [-0.39, 0.29) is 48.9 Å². The van der Waals surface area contributed by atoms with Gasteiger partial charge in [-0.25, -0.2) is 0 Å². The number of carbonyl (C=O) groups excluding carboxylic acids is 2. The van der Waals surface area contributed by atoms with E-state index in [1.807, 2.05) is 26.0 Å². The highest BCUT2D eigenvalue weighted by molar-refractivity contribution is 5.87. The van der Waals surface area contributed by atoms with E-state index in [0.717, 1.165) is 37.2 Å². The van der Waals surface area contributed by atoms with Crippen molar-refractivity contribution in [1.82, 2.24) is 10.6 Å². The summed E-state index contributed by atoms with van der Waals surface area (Å²) in [6.07, 6.45) is 5.49. The Balaban J connectivity index is 0.00000300. The normalized spacial score (nSPS) is 17.9. The van der Waals surface area contributed by atoms with E-state index in [0.29, 0.717) is 6.54 Å². The molecule has 2 amide bonds. The first-order chi connectivity index (χ1) is 13.4. The molecule has 0 spiro atoms. The lowest BCUT2D eigenvalue weighted by Gasteiger charge is -2.38. The Hall–Kier alpha value is -1.99. The fourth-order valence-electron chi connectivity index (χ4n) is 3.94. The van der Waals surface area contributed by atoms with Gasteiger partial charge in [0.2, 0.25) is 18.6 Å². The summed E-state index contributed by atoms with van der Waals surface area (Å²) >= 11 is 0. The number of halogens is 1. The lowest BCUT2D eigenvalue weighted by atomic mass is 9.69. The SMILES string of the molecule is CC(C)[C@H](N)C(=O)NCC(=O)NCC1(c2ccc3c(c2)OCO3)CCCCC1.Cl. The van der Waals surface area contributed by atoms with Crippen molar-refractivity contribution < 1.29 is 19.1 Å². The van der Waals surface area contributed by atoms with Gasteiger partial charge in [-0.1, -0.05) is 39.2 Å². The van der Waals surface area contributed by atoms with Crippen LogP contribution in [0.4, 0.5) is 0 Å². The summed E-state index contributed by atoms with van der Waals surface area (Å²) in [5.41, 5.74) is 6.86. The van der Waals surface area contributed by atoms with E-state index >= 15 is 0 Å². The third-order valence-electron chi connectivity index (χ3n) is 5.86. The molecule has 4 N–H and O–H groups in total. The number of ether oxygens (including phenoxy) is 2. The van der Waals surface area contributed by atoms with Crippen LogP contribution in [-0.4, -0.2) is 37.7 Å². The van der Waals surface area contributed by atoms with Gasteiger partial charge in [-0.2, -0.15) is 0 Å². The number of carbonyl (C=O) groups is 2. The zero-order chi connectivity index (χ0) is 20.1. The first-order valence-electron chi connectivity index (χ1n) is 10.1. The predicted molar refractivity (Wildman–Crippen MR) is 113 cm³/mol. The number of rotatable bonds is 7. The van der Waals surface area contributed by atoms with Gasteiger partial charge in [-0.15, -0.1) is 12.4 Å². The summed E-state index contributed by atoms with van der Waals surface area (Å²) in [5.74, 6) is 1.06. The van der Waals surface area contributed by atoms with Crippen LogP contribution in [-0.2, 0) is 15.0 Å². The van der Waals surface area contributed by atoms with Crippen LogP contribution >= 0.6 is 12.4 Å². The number of hydrogen-bond acceptors (Lipinski definition) is 5. The van der Waals surface area contributed by atoms with E-state index in [4.69, 9.17) is 15.2 Å². The maximum atomic E-state index is 12.3. The molecule has 1 aliphatic carbocycles. The lowest BCUT2D eigenvalue weighted by Crippen LogP contribution is -2.49. The molecule has 1 aromatic carbocycles. The van der Waals surface area contributed by atoms with Crippen molar-refractivity contribution >= 4 is 24.2 Å². The van der Waals surface area contributed by atoms with Gasteiger partial charge in [-0.3, -0.25) is 9.59 Å². The average molecular weight is 426 g/mol. The van der Waals surface area contributed by atoms with E-state index in [2.05, 4.69) is 16.7 Å². The molecule has 0 aromatic heterocycles. The summed E-state index contributed by atoms with van der Waals surface area (Å²) in [6.45, 7) is 4.49. The van der Waals surface area contributed by atoms with E-state index in [1.165, 1.54) is 12.0 Å². The third kappa shape index (κ3) is 5.54. The Morgan fingerprint density at radius 3 is 2.48 bits per heavy atom. The number of nitrogens with one attached hydrogen (secondary N) is 2. The van der Waals surface area contributed by atoms with Gasteiger partial charge >= 0.3 is 0 Å². The topological polar surface area (TPSA) is 103 Å². The Labute approximate surface area is 178 Å². The smallest absolute Gasteiger partial charge is 0.239 e. The quantitative estimate of drug-likeness (QED) is 0.621. The number of fused-ring (bicyclic) bond motifs is 1. The highest BCUT2D eigenvalue weighted by Crippen LogP contribution is 2.43. The van der Waals surface area contributed by atoms with Crippen LogP contribution in [0.5, 0.6) is 11.5 Å². The standard InChI is InChI=1S/C21H31N3O4.ClH/c1-14(2)19(22)20(26)23-11-18(25)24-12-21(8-4-3-5-9-21)15-6-7-16-17(10-15)28-13-27-16;/h6-7,10,14,19H,3-5,8-9,11-13,22H2,1-2H3,(H,23,26)(H,24,25);1H/t19-;/m0./s1. The molecule has 8 heteroatoms. The molecular formula is C21H32ClN3O4. The minimum absolute atomic E-state index is 0. The van der Waals surface area contributed by atoms with Crippen molar-refractivity contribution in [1.29, 1.82) is 0 Å². The Kier molecular flexibility index (Phi) is 8.16. The number of benzene rings is 1. The molecule has 1 heterocycles. The molecule has 3 rings (SSSR count). The molecule has 162 valence electrons. The van der Waals surface area contributed by atoms with Crippen LogP contribution in [0.3, 0.4) is 0 Å². The molecular weight excluding hydrogens is 394 g/mol. The number of amides is 2. The zero-order valence-electron chi connectivity index (χ0n) is 17.2. The zero-order valence-corrected chi connectivity index (χ0v) is 18.0. The maximum Gasteiger partial charge on any atom is 0.239 e. The van der Waals surface area contributed by atoms with Crippen LogP contribution in [0.15, 0.2) is 18.2 Å². The van der Waals surface area contributed by atoms with Crippen molar-refractivity contribution in [2.75, 3.05) is 19.9 Å². The van der Waals surface area contributed by atoms with Crippen LogP contribution in [0.2, 0.25) is 0 Å². The van der Waals surface area contributed by atoms with Crippen molar-refractivity contribution in [3.63, 3.8) is 0 Å². The fourth-order valence-corrected chi connectivity index (χ4v) is 3.94. The van der Waals surface area contributed by atoms with Crippen molar-refractivity contribution in [3.8, 4) is 11.5 Å². The summed E-state index contributed by atoms with van der Waals surface area (Å²) in [5, 5.41) is 5.64. The van der Waals surface area contributed by atoms with Gasteiger partial charge in [0.1, 0.15) is 0 Å². The minimum atomic E-state index is -0.605. The highest BCUT2D eigenvalue weighted by atomic mass is 35.5. The minimum Gasteiger partial charge on any atom is -0.454 e. The van der Waals surface area contributed by atoms with Crippen LogP contribution in [0.25, 0.3) is 0 Å². The van der Waals surface area contributed by atoms with Gasteiger partial charge in [0.25, 0.3) is 0 Å². The van der Waals surface area contributed by atoms with E-state index in [9.17, 15) is 9.59 Å². The average Bonchev–Trinajstić information content (AvgIpc) is 3.18. The first kappa shape index (κ1) is 23.3. The van der Waals surface area contributed by atoms with Crippen molar-refractivity contribution in [3.05, 3.63) is 23.8 Å². The monoisotopic (exact) mass is 425 g/mol. The number of nitrogens with two attached hydrogens (primary N) is 1. The predicted octanol–water partition coefficient (Wildman–Crippen LogP) is 2.25. The van der Waals surface area contributed by atoms with Crippen LogP contribution < -0.4 is 25.8 Å².